The van der Waals surface area contributed by atoms with Crippen molar-refractivity contribution >= 4 is 11.6 Å². The van der Waals surface area contributed by atoms with E-state index in [0.717, 1.165) is 19.3 Å². The first-order chi connectivity index (χ1) is 4.74. The summed E-state index contributed by atoms with van der Waals surface area (Å²) in [5.74, 6) is 0.625. The van der Waals surface area contributed by atoms with E-state index in [2.05, 4.69) is 6.92 Å². The van der Waals surface area contributed by atoms with Gasteiger partial charge in [-0.1, -0.05) is 6.92 Å². The summed E-state index contributed by atoms with van der Waals surface area (Å²) in [5, 5.41) is 0.381. The van der Waals surface area contributed by atoms with Gasteiger partial charge in [0, 0.05) is 12.5 Å². The average Bonchev–Trinajstić information content (AvgIpc) is 1.95. The molecule has 60 valence electrons. The molecule has 0 amide bonds. The molecular weight excluding hydrogens is 148 g/mol. The van der Waals surface area contributed by atoms with Crippen molar-refractivity contribution in [2.24, 2.45) is 5.92 Å². The Morgan fingerprint density at radius 1 is 1.40 bits per heavy atom. The lowest BCUT2D eigenvalue weighted by Crippen LogP contribution is -2.27. The summed E-state index contributed by atoms with van der Waals surface area (Å²) in [4.78, 5) is 0. The summed E-state index contributed by atoms with van der Waals surface area (Å²) in [7, 11) is 1.78. The molecule has 1 aliphatic rings. The van der Waals surface area contributed by atoms with Gasteiger partial charge in [0.15, 0.2) is 0 Å². The van der Waals surface area contributed by atoms with Crippen LogP contribution < -0.4 is 0 Å². The molecule has 0 aliphatic heterocycles. The van der Waals surface area contributed by atoms with E-state index in [9.17, 15) is 0 Å². The number of hydrogen-bond acceptors (Lipinski definition) is 1. The van der Waals surface area contributed by atoms with Crippen LogP contribution in [0.4, 0.5) is 0 Å². The van der Waals surface area contributed by atoms with Gasteiger partial charge in [0.25, 0.3) is 0 Å². The first-order valence-electron chi connectivity index (χ1n) is 3.91. The van der Waals surface area contributed by atoms with E-state index < -0.39 is 0 Å². The molecule has 10 heavy (non-hydrogen) atoms. The molecule has 3 atom stereocenters. The molecule has 1 aliphatic carbocycles. The van der Waals surface area contributed by atoms with Gasteiger partial charge in [-0.15, -0.1) is 11.6 Å². The van der Waals surface area contributed by atoms with Crippen LogP contribution in [0.2, 0.25) is 0 Å². The van der Waals surface area contributed by atoms with Crippen LogP contribution in [0.15, 0.2) is 0 Å². The van der Waals surface area contributed by atoms with Gasteiger partial charge in [0.1, 0.15) is 0 Å². The molecule has 0 aromatic rings. The molecule has 1 saturated carbocycles. The standard InChI is InChI=1S/C8H15ClO/c1-6-5-7(10-2)3-4-8(6)9/h6-8H,3-5H2,1-2H3. The minimum atomic E-state index is 0.381. The van der Waals surface area contributed by atoms with E-state index in [1.165, 1.54) is 0 Å². The van der Waals surface area contributed by atoms with E-state index in [4.69, 9.17) is 16.3 Å². The minimum absolute atomic E-state index is 0.381. The third-order valence-corrected chi connectivity index (χ3v) is 3.00. The van der Waals surface area contributed by atoms with Gasteiger partial charge in [-0.25, -0.2) is 0 Å². The van der Waals surface area contributed by atoms with Crippen LogP contribution in [-0.4, -0.2) is 18.6 Å². The highest BCUT2D eigenvalue weighted by molar-refractivity contribution is 6.20. The second-order valence-electron chi connectivity index (χ2n) is 3.16. The molecule has 0 aromatic heterocycles. The van der Waals surface area contributed by atoms with Crippen LogP contribution in [0.1, 0.15) is 26.2 Å². The monoisotopic (exact) mass is 162 g/mol. The molecule has 0 heterocycles. The highest BCUT2D eigenvalue weighted by atomic mass is 35.5. The van der Waals surface area contributed by atoms with Gasteiger partial charge in [0.05, 0.1) is 6.10 Å². The lowest BCUT2D eigenvalue weighted by Gasteiger charge is -2.29. The van der Waals surface area contributed by atoms with Crippen molar-refractivity contribution in [3.8, 4) is 0 Å². The zero-order chi connectivity index (χ0) is 7.56. The van der Waals surface area contributed by atoms with Crippen molar-refractivity contribution < 1.29 is 4.74 Å². The van der Waals surface area contributed by atoms with Gasteiger partial charge >= 0.3 is 0 Å². The van der Waals surface area contributed by atoms with Crippen LogP contribution in [0.5, 0.6) is 0 Å². The topological polar surface area (TPSA) is 9.23 Å². The lowest BCUT2D eigenvalue weighted by atomic mass is 9.88. The smallest absolute Gasteiger partial charge is 0.0575 e. The number of hydrogen-bond donors (Lipinski definition) is 0. The molecule has 2 heteroatoms. The van der Waals surface area contributed by atoms with Crippen molar-refractivity contribution in [1.29, 1.82) is 0 Å². The first kappa shape index (κ1) is 8.35. The summed E-state index contributed by atoms with van der Waals surface area (Å²) in [5.41, 5.74) is 0. The molecule has 1 rings (SSSR count). The highest BCUT2D eigenvalue weighted by Gasteiger charge is 2.25. The maximum absolute atomic E-state index is 6.03. The maximum atomic E-state index is 6.03. The lowest BCUT2D eigenvalue weighted by molar-refractivity contribution is 0.0556. The summed E-state index contributed by atoms with van der Waals surface area (Å²) >= 11 is 6.03. The normalized spacial score (nSPS) is 41.7. The largest absolute Gasteiger partial charge is 0.381 e. The quantitative estimate of drug-likeness (QED) is 0.539. The highest BCUT2D eigenvalue weighted by Crippen LogP contribution is 2.29. The molecule has 0 spiro atoms. The van der Waals surface area contributed by atoms with Crippen LogP contribution in [-0.2, 0) is 4.74 Å². The molecule has 1 fully saturated rings. The predicted octanol–water partition coefficient (Wildman–Crippen LogP) is 2.43. The van der Waals surface area contributed by atoms with Crippen molar-refractivity contribution in [3.05, 3.63) is 0 Å². The zero-order valence-electron chi connectivity index (χ0n) is 6.64. The van der Waals surface area contributed by atoms with Crippen LogP contribution in [0.3, 0.4) is 0 Å². The molecule has 0 bridgehead atoms. The Hall–Kier alpha value is 0.250. The third-order valence-electron chi connectivity index (χ3n) is 2.35. The fraction of sp³-hybridized carbons (Fsp3) is 1.00. The van der Waals surface area contributed by atoms with Crippen LogP contribution >= 0.6 is 11.6 Å². The molecular formula is C8H15ClO. The predicted molar refractivity (Wildman–Crippen MR) is 43.5 cm³/mol. The second kappa shape index (κ2) is 3.59. The Morgan fingerprint density at radius 2 is 2.10 bits per heavy atom. The van der Waals surface area contributed by atoms with Crippen molar-refractivity contribution in [2.45, 2.75) is 37.7 Å². The molecule has 0 N–H and O–H groups in total. The number of rotatable bonds is 1. The second-order valence-corrected chi connectivity index (χ2v) is 3.72. The molecule has 3 unspecified atom stereocenters. The summed E-state index contributed by atoms with van der Waals surface area (Å²) in [6.45, 7) is 2.20. The van der Waals surface area contributed by atoms with Gasteiger partial charge in [-0.05, 0) is 25.2 Å². The van der Waals surface area contributed by atoms with Crippen LogP contribution in [0, 0.1) is 5.92 Å². The van der Waals surface area contributed by atoms with Gasteiger partial charge in [-0.2, -0.15) is 0 Å². The van der Waals surface area contributed by atoms with E-state index in [1.54, 1.807) is 7.11 Å². The van der Waals surface area contributed by atoms with E-state index in [-0.39, 0.29) is 0 Å². The SMILES string of the molecule is COC1CCC(Cl)C(C)C1. The third kappa shape index (κ3) is 1.86. The molecule has 0 aromatic carbocycles. The van der Waals surface area contributed by atoms with E-state index in [0.29, 0.717) is 17.4 Å². The van der Waals surface area contributed by atoms with Gasteiger partial charge in [-0.3, -0.25) is 0 Å². The average molecular weight is 163 g/mol. The first-order valence-corrected chi connectivity index (χ1v) is 4.34. The molecule has 1 nitrogen and oxygen atoms in total. The number of methoxy groups -OCH3 is 1. The fourth-order valence-corrected chi connectivity index (χ4v) is 1.75. The van der Waals surface area contributed by atoms with Crippen molar-refractivity contribution in [3.63, 3.8) is 0 Å². The minimum Gasteiger partial charge on any atom is -0.381 e. The molecule has 0 radical (unpaired) electrons. The number of halogens is 1. The zero-order valence-corrected chi connectivity index (χ0v) is 7.40. The van der Waals surface area contributed by atoms with Crippen molar-refractivity contribution in [2.75, 3.05) is 7.11 Å². The molecule has 0 saturated heterocycles. The summed E-state index contributed by atoms with van der Waals surface area (Å²) < 4.78 is 5.25. The van der Waals surface area contributed by atoms with Crippen molar-refractivity contribution in [1.82, 2.24) is 0 Å². The van der Waals surface area contributed by atoms with Gasteiger partial charge < -0.3 is 4.74 Å². The van der Waals surface area contributed by atoms with Crippen LogP contribution in [0.25, 0.3) is 0 Å². The maximum Gasteiger partial charge on any atom is 0.0575 e. The Balaban J connectivity index is 2.33. The number of alkyl halides is 1. The Kier molecular flexibility index (Phi) is 2.99. The van der Waals surface area contributed by atoms with Gasteiger partial charge in [0.2, 0.25) is 0 Å². The summed E-state index contributed by atoms with van der Waals surface area (Å²) in [6.07, 6.45) is 3.84. The fourth-order valence-electron chi connectivity index (χ4n) is 1.52. The Morgan fingerprint density at radius 3 is 2.60 bits per heavy atom. The Labute approximate surface area is 67.7 Å². The van der Waals surface area contributed by atoms with E-state index >= 15 is 0 Å². The summed E-state index contributed by atoms with van der Waals surface area (Å²) in [6, 6.07) is 0. The number of ether oxygens (including phenoxy) is 1. The Bertz CT molecular complexity index is 105. The van der Waals surface area contributed by atoms with E-state index in [1.807, 2.05) is 0 Å².